The number of benzene rings is 2. The number of aromatic nitrogens is 2. The Kier molecular flexibility index (Phi) is 4.88. The van der Waals surface area contributed by atoms with Crippen LogP contribution in [-0.4, -0.2) is 27.0 Å². The first-order valence-corrected chi connectivity index (χ1v) is 9.62. The number of hydrogen-bond acceptors (Lipinski definition) is 5. The molecule has 1 saturated heterocycles. The first-order chi connectivity index (χ1) is 14.0. The zero-order chi connectivity index (χ0) is 20.4. The van der Waals surface area contributed by atoms with Crippen molar-refractivity contribution in [1.82, 2.24) is 20.4 Å². The summed E-state index contributed by atoms with van der Waals surface area (Å²) in [4.78, 5) is 26.7. The summed E-state index contributed by atoms with van der Waals surface area (Å²) in [6, 6.07) is 16.6. The minimum absolute atomic E-state index is 0.0754. The Bertz CT molecular complexity index is 1030. The first kappa shape index (κ1) is 18.9. The molecule has 148 valence electrons. The number of carbonyl (C=O) groups excluding carboxylic acids is 2. The molecule has 0 bridgehead atoms. The molecule has 1 aromatic heterocycles. The summed E-state index contributed by atoms with van der Waals surface area (Å²) < 4.78 is 5.65. The molecule has 0 radical (unpaired) electrons. The molecule has 0 spiro atoms. The lowest BCUT2D eigenvalue weighted by molar-refractivity contribution is -0.131. The molecule has 3 amide bonds. The second-order valence-corrected chi connectivity index (χ2v) is 7.26. The predicted molar refractivity (Wildman–Crippen MR) is 107 cm³/mol. The highest BCUT2D eigenvalue weighted by atomic mass is 16.4. The maximum absolute atomic E-state index is 13.1. The lowest BCUT2D eigenvalue weighted by Gasteiger charge is -2.22. The van der Waals surface area contributed by atoms with Crippen molar-refractivity contribution in [2.75, 3.05) is 0 Å². The van der Waals surface area contributed by atoms with Crippen molar-refractivity contribution in [3.8, 4) is 11.5 Å². The molecule has 1 aliphatic rings. The summed E-state index contributed by atoms with van der Waals surface area (Å²) in [6.07, 6.45) is 2.03. The van der Waals surface area contributed by atoms with E-state index >= 15 is 0 Å². The number of nitrogens with one attached hydrogen (secondary N) is 1. The molecule has 2 aromatic carbocycles. The van der Waals surface area contributed by atoms with Crippen LogP contribution in [0.1, 0.15) is 37.3 Å². The summed E-state index contributed by atoms with van der Waals surface area (Å²) in [7, 11) is 0. The summed E-state index contributed by atoms with van der Waals surface area (Å²) in [5, 5.41) is 10.8. The molecule has 4 rings (SSSR count). The number of rotatable bonds is 6. The van der Waals surface area contributed by atoms with Crippen molar-refractivity contribution in [2.45, 2.75) is 38.8 Å². The van der Waals surface area contributed by atoms with Crippen molar-refractivity contribution < 1.29 is 14.0 Å². The highest BCUT2D eigenvalue weighted by Crippen LogP contribution is 2.30. The molecular formula is C22H22N4O3. The molecule has 7 nitrogen and oxygen atoms in total. The average Bonchev–Trinajstić information content (AvgIpc) is 3.29. The van der Waals surface area contributed by atoms with Gasteiger partial charge in [-0.25, -0.2) is 4.79 Å². The quantitative estimate of drug-likeness (QED) is 0.649. The third kappa shape index (κ3) is 3.51. The van der Waals surface area contributed by atoms with Crippen LogP contribution < -0.4 is 5.32 Å². The fourth-order valence-electron chi connectivity index (χ4n) is 3.48. The fourth-order valence-corrected chi connectivity index (χ4v) is 3.48. The Morgan fingerprint density at radius 2 is 1.76 bits per heavy atom. The van der Waals surface area contributed by atoms with Gasteiger partial charge in [0.1, 0.15) is 12.1 Å². The van der Waals surface area contributed by atoms with E-state index in [0.29, 0.717) is 5.89 Å². The van der Waals surface area contributed by atoms with Crippen molar-refractivity contribution in [2.24, 2.45) is 0 Å². The smallest absolute Gasteiger partial charge is 0.325 e. The van der Waals surface area contributed by atoms with Gasteiger partial charge in [-0.1, -0.05) is 55.8 Å². The molecule has 0 saturated carbocycles. The van der Waals surface area contributed by atoms with Gasteiger partial charge in [-0.05, 0) is 36.6 Å². The summed E-state index contributed by atoms with van der Waals surface area (Å²) in [6.45, 7) is 3.76. The molecule has 3 aromatic rings. The second-order valence-electron chi connectivity index (χ2n) is 7.26. The SMILES string of the molecule is CCCc1ccc(C2(C)NC(=O)N(Cc3nnc(-c4ccccc4)o3)C2=O)cc1. The zero-order valence-corrected chi connectivity index (χ0v) is 16.4. The van der Waals surface area contributed by atoms with Crippen molar-refractivity contribution in [1.29, 1.82) is 0 Å². The molecule has 1 unspecified atom stereocenters. The fraction of sp³-hybridized carbons (Fsp3) is 0.273. The topological polar surface area (TPSA) is 88.3 Å². The number of nitrogens with zero attached hydrogens (tertiary/aromatic N) is 3. The van der Waals surface area contributed by atoms with Crippen LogP contribution in [0.15, 0.2) is 59.0 Å². The van der Waals surface area contributed by atoms with Crippen LogP contribution in [0.4, 0.5) is 4.79 Å². The molecule has 29 heavy (non-hydrogen) atoms. The molecule has 1 N–H and O–H groups in total. The minimum atomic E-state index is -1.12. The Morgan fingerprint density at radius 1 is 1.03 bits per heavy atom. The van der Waals surface area contributed by atoms with Gasteiger partial charge in [-0.2, -0.15) is 0 Å². The number of aryl methyl sites for hydroxylation is 1. The molecule has 1 aliphatic heterocycles. The maximum atomic E-state index is 13.1. The van der Waals surface area contributed by atoms with Crippen LogP contribution >= 0.6 is 0 Å². The van der Waals surface area contributed by atoms with Crippen LogP contribution in [0, 0.1) is 0 Å². The maximum Gasteiger partial charge on any atom is 0.325 e. The van der Waals surface area contributed by atoms with E-state index in [0.717, 1.165) is 28.9 Å². The summed E-state index contributed by atoms with van der Waals surface area (Å²) in [5.74, 6) is 0.210. The normalized spacial score (nSPS) is 18.9. The van der Waals surface area contributed by atoms with Gasteiger partial charge in [0.15, 0.2) is 0 Å². The van der Waals surface area contributed by atoms with Gasteiger partial charge in [0.05, 0.1) is 0 Å². The van der Waals surface area contributed by atoms with E-state index in [4.69, 9.17) is 4.42 Å². The molecular weight excluding hydrogens is 368 g/mol. The van der Waals surface area contributed by atoms with Crippen molar-refractivity contribution in [3.05, 3.63) is 71.6 Å². The average molecular weight is 390 g/mol. The number of hydrogen-bond donors (Lipinski definition) is 1. The molecule has 7 heteroatoms. The summed E-state index contributed by atoms with van der Waals surface area (Å²) in [5.41, 5.74) is 1.60. The van der Waals surface area contributed by atoms with Crippen molar-refractivity contribution in [3.63, 3.8) is 0 Å². The number of amides is 3. The predicted octanol–water partition coefficient (Wildman–Crippen LogP) is 3.66. The van der Waals surface area contributed by atoms with E-state index in [1.54, 1.807) is 6.92 Å². The highest BCUT2D eigenvalue weighted by Gasteiger charge is 2.49. The lowest BCUT2D eigenvalue weighted by atomic mass is 9.91. The third-order valence-electron chi connectivity index (χ3n) is 5.13. The van der Waals surface area contributed by atoms with Gasteiger partial charge < -0.3 is 9.73 Å². The van der Waals surface area contributed by atoms with E-state index in [1.165, 1.54) is 5.56 Å². The Labute approximate surface area is 168 Å². The Morgan fingerprint density at radius 3 is 2.45 bits per heavy atom. The largest absolute Gasteiger partial charge is 0.419 e. The van der Waals surface area contributed by atoms with Gasteiger partial charge in [0.25, 0.3) is 5.91 Å². The summed E-state index contributed by atoms with van der Waals surface area (Å²) >= 11 is 0. The van der Waals surface area contributed by atoms with E-state index < -0.39 is 11.6 Å². The van der Waals surface area contributed by atoms with Gasteiger partial charge in [-0.15, -0.1) is 10.2 Å². The van der Waals surface area contributed by atoms with Gasteiger partial charge in [0, 0.05) is 5.56 Å². The monoisotopic (exact) mass is 390 g/mol. The van der Waals surface area contributed by atoms with Gasteiger partial charge >= 0.3 is 6.03 Å². The molecule has 1 fully saturated rings. The van der Waals surface area contributed by atoms with E-state index in [9.17, 15) is 9.59 Å². The number of carbonyl (C=O) groups is 2. The van der Waals surface area contributed by atoms with Gasteiger partial charge in [0.2, 0.25) is 11.8 Å². The Hall–Kier alpha value is -3.48. The zero-order valence-electron chi connectivity index (χ0n) is 16.4. The van der Waals surface area contributed by atoms with Gasteiger partial charge in [-0.3, -0.25) is 9.69 Å². The van der Waals surface area contributed by atoms with E-state index in [2.05, 4.69) is 22.4 Å². The molecule has 1 atom stereocenters. The van der Waals surface area contributed by atoms with Crippen LogP contribution in [0.2, 0.25) is 0 Å². The second kappa shape index (κ2) is 7.50. The van der Waals surface area contributed by atoms with Crippen LogP contribution in [-0.2, 0) is 23.3 Å². The highest BCUT2D eigenvalue weighted by molar-refractivity contribution is 6.07. The molecule has 2 heterocycles. The minimum Gasteiger partial charge on any atom is -0.419 e. The Balaban J connectivity index is 1.53. The number of imide groups is 1. The standard InChI is InChI=1S/C22H22N4O3/c1-3-7-15-10-12-17(13-11-15)22(2)20(27)26(21(28)23-22)14-18-24-25-19(29-18)16-8-5-4-6-9-16/h4-6,8-13H,3,7,14H2,1-2H3,(H,23,28). The van der Waals surface area contributed by atoms with Crippen LogP contribution in [0.25, 0.3) is 11.5 Å². The van der Waals surface area contributed by atoms with Crippen LogP contribution in [0.3, 0.4) is 0 Å². The van der Waals surface area contributed by atoms with Crippen molar-refractivity contribution >= 4 is 11.9 Å². The van der Waals surface area contributed by atoms with Crippen LogP contribution in [0.5, 0.6) is 0 Å². The van der Waals surface area contributed by atoms with E-state index in [1.807, 2.05) is 54.6 Å². The first-order valence-electron chi connectivity index (χ1n) is 9.62. The third-order valence-corrected chi connectivity index (χ3v) is 5.13. The molecule has 0 aliphatic carbocycles. The lowest BCUT2D eigenvalue weighted by Crippen LogP contribution is -2.40. The van der Waals surface area contributed by atoms with E-state index in [-0.39, 0.29) is 18.3 Å². The number of urea groups is 1.